The molecule has 2 heterocycles. The Balaban J connectivity index is 2.21. The van der Waals surface area contributed by atoms with Crippen LogP contribution < -0.4 is 0 Å². The molecule has 0 atom stereocenters. The van der Waals surface area contributed by atoms with Gasteiger partial charge in [0.15, 0.2) is 11.3 Å². The molecular formula is C10H5Cl2N3O2S. The normalized spacial score (nSPS) is 10.1. The van der Waals surface area contributed by atoms with Gasteiger partial charge >= 0.3 is 0 Å². The first-order chi connectivity index (χ1) is 8.63. The zero-order valence-electron chi connectivity index (χ0n) is 8.76. The Morgan fingerprint density at radius 3 is 2.89 bits per heavy atom. The van der Waals surface area contributed by atoms with E-state index in [4.69, 9.17) is 32.9 Å². The van der Waals surface area contributed by atoms with Crippen LogP contribution in [-0.4, -0.2) is 15.2 Å². The number of carbonyl (C=O) groups is 1. The lowest BCUT2D eigenvalue weighted by atomic mass is 10.3. The quantitative estimate of drug-likeness (QED) is 0.645. The monoisotopic (exact) mass is 301 g/mol. The van der Waals surface area contributed by atoms with Crippen molar-refractivity contribution in [1.82, 2.24) is 9.27 Å². The molecule has 0 aliphatic heterocycles. The first kappa shape index (κ1) is 12.9. The lowest BCUT2D eigenvalue weighted by molar-refractivity contribution is 0.0829. The van der Waals surface area contributed by atoms with Gasteiger partial charge in [-0.25, -0.2) is 4.90 Å². The van der Waals surface area contributed by atoms with Crippen molar-refractivity contribution in [2.24, 2.45) is 0 Å². The standard InChI is InChI=1S/C10H5Cl2N3O2S/c11-7-8(18-14-9(7)12)10(16)15(5-13)3-6-1-2-17-4-6/h1-2,4H,3H2. The van der Waals surface area contributed by atoms with E-state index in [1.807, 2.05) is 0 Å². The molecule has 0 N–H and O–H groups in total. The van der Waals surface area contributed by atoms with Gasteiger partial charge in [0, 0.05) is 5.56 Å². The number of furan rings is 1. The molecule has 2 aromatic rings. The maximum Gasteiger partial charge on any atom is 0.280 e. The fourth-order valence-electron chi connectivity index (χ4n) is 1.23. The van der Waals surface area contributed by atoms with E-state index in [2.05, 4.69) is 4.37 Å². The molecule has 92 valence electrons. The van der Waals surface area contributed by atoms with E-state index in [-0.39, 0.29) is 21.6 Å². The van der Waals surface area contributed by atoms with Crippen molar-refractivity contribution in [1.29, 1.82) is 5.26 Å². The number of carbonyl (C=O) groups excluding carboxylic acids is 1. The molecule has 0 spiro atoms. The van der Waals surface area contributed by atoms with Crippen molar-refractivity contribution < 1.29 is 9.21 Å². The van der Waals surface area contributed by atoms with Crippen LogP contribution in [0.1, 0.15) is 15.2 Å². The second-order valence-electron chi connectivity index (χ2n) is 3.24. The van der Waals surface area contributed by atoms with Gasteiger partial charge in [-0.05, 0) is 17.6 Å². The van der Waals surface area contributed by atoms with Crippen LogP contribution in [0.15, 0.2) is 23.0 Å². The molecule has 5 nitrogen and oxygen atoms in total. The predicted molar refractivity (Wildman–Crippen MR) is 66.3 cm³/mol. The second kappa shape index (κ2) is 5.40. The summed E-state index contributed by atoms with van der Waals surface area (Å²) in [7, 11) is 0. The smallest absolute Gasteiger partial charge is 0.280 e. The van der Waals surface area contributed by atoms with Crippen LogP contribution >= 0.6 is 34.7 Å². The van der Waals surface area contributed by atoms with Gasteiger partial charge in [-0.3, -0.25) is 4.79 Å². The molecule has 0 aliphatic rings. The zero-order chi connectivity index (χ0) is 13.1. The van der Waals surface area contributed by atoms with Crippen LogP contribution in [0.25, 0.3) is 0 Å². The van der Waals surface area contributed by atoms with Crippen molar-refractivity contribution in [3.63, 3.8) is 0 Å². The number of hydrogen-bond donors (Lipinski definition) is 0. The zero-order valence-corrected chi connectivity index (χ0v) is 11.1. The highest BCUT2D eigenvalue weighted by Gasteiger charge is 2.23. The number of amides is 1. The first-order valence-corrected chi connectivity index (χ1v) is 6.19. The van der Waals surface area contributed by atoms with Crippen LogP contribution in [0.5, 0.6) is 0 Å². The Kier molecular flexibility index (Phi) is 3.87. The number of halogens is 2. The SMILES string of the molecule is N#CN(Cc1ccoc1)C(=O)c1snc(Cl)c1Cl. The lowest BCUT2D eigenvalue weighted by Gasteiger charge is -2.10. The molecular weight excluding hydrogens is 297 g/mol. The fraction of sp³-hybridized carbons (Fsp3) is 0.100. The largest absolute Gasteiger partial charge is 0.472 e. The topological polar surface area (TPSA) is 70.1 Å². The summed E-state index contributed by atoms with van der Waals surface area (Å²) in [5.74, 6) is -0.534. The number of hydrogen-bond acceptors (Lipinski definition) is 5. The Morgan fingerprint density at radius 1 is 1.61 bits per heavy atom. The molecule has 0 radical (unpaired) electrons. The number of rotatable bonds is 3. The highest BCUT2D eigenvalue weighted by Crippen LogP contribution is 2.29. The molecule has 2 aromatic heterocycles. The third-order valence-corrected chi connectivity index (χ3v) is 3.86. The van der Waals surface area contributed by atoms with Crippen molar-refractivity contribution in [3.05, 3.63) is 39.2 Å². The second-order valence-corrected chi connectivity index (χ2v) is 4.75. The van der Waals surface area contributed by atoms with Crippen LogP contribution in [0.3, 0.4) is 0 Å². The fourth-order valence-corrected chi connectivity index (χ4v) is 2.39. The first-order valence-electron chi connectivity index (χ1n) is 4.67. The summed E-state index contributed by atoms with van der Waals surface area (Å²) in [6.45, 7) is 0.109. The average molecular weight is 302 g/mol. The van der Waals surface area contributed by atoms with Gasteiger partial charge in [0.25, 0.3) is 5.91 Å². The molecule has 8 heteroatoms. The summed E-state index contributed by atoms with van der Waals surface area (Å²) in [4.78, 5) is 13.1. The van der Waals surface area contributed by atoms with E-state index in [9.17, 15) is 4.79 Å². The van der Waals surface area contributed by atoms with Gasteiger partial charge in [0.1, 0.15) is 9.90 Å². The van der Waals surface area contributed by atoms with Gasteiger partial charge < -0.3 is 4.42 Å². The Morgan fingerprint density at radius 2 is 2.39 bits per heavy atom. The Bertz CT molecular complexity index is 603. The average Bonchev–Trinajstić information content (AvgIpc) is 2.98. The van der Waals surface area contributed by atoms with E-state index < -0.39 is 5.91 Å². The summed E-state index contributed by atoms with van der Waals surface area (Å²) >= 11 is 12.4. The summed E-state index contributed by atoms with van der Waals surface area (Å²) in [5.41, 5.74) is 0.705. The molecule has 0 saturated heterocycles. The minimum absolute atomic E-state index is 0.0613. The van der Waals surface area contributed by atoms with Gasteiger partial charge in [-0.15, -0.1) is 0 Å². The molecule has 0 aliphatic carbocycles. The Labute approximate surface area is 116 Å². The maximum absolute atomic E-state index is 12.0. The minimum atomic E-state index is -0.534. The van der Waals surface area contributed by atoms with E-state index in [0.29, 0.717) is 5.56 Å². The highest BCUT2D eigenvalue weighted by molar-refractivity contribution is 7.09. The molecule has 0 saturated carbocycles. The molecule has 1 amide bonds. The summed E-state index contributed by atoms with van der Waals surface area (Å²) < 4.78 is 8.62. The summed E-state index contributed by atoms with van der Waals surface area (Å²) in [6.07, 6.45) is 4.72. The van der Waals surface area contributed by atoms with Crippen molar-refractivity contribution in [2.45, 2.75) is 6.54 Å². The van der Waals surface area contributed by atoms with Gasteiger partial charge in [-0.2, -0.15) is 9.64 Å². The number of nitrogens with zero attached hydrogens (tertiary/aromatic N) is 3. The maximum atomic E-state index is 12.0. The molecule has 0 aromatic carbocycles. The summed E-state index contributed by atoms with van der Waals surface area (Å²) in [5, 5.41) is 9.12. The van der Waals surface area contributed by atoms with E-state index in [0.717, 1.165) is 16.4 Å². The third kappa shape index (κ3) is 2.48. The highest BCUT2D eigenvalue weighted by atomic mass is 35.5. The predicted octanol–water partition coefficient (Wildman–Crippen LogP) is 3.17. The van der Waals surface area contributed by atoms with Crippen LogP contribution in [-0.2, 0) is 6.54 Å². The minimum Gasteiger partial charge on any atom is -0.472 e. The van der Waals surface area contributed by atoms with E-state index in [1.165, 1.54) is 12.5 Å². The lowest BCUT2D eigenvalue weighted by Crippen LogP contribution is -2.24. The van der Waals surface area contributed by atoms with Gasteiger partial charge in [0.2, 0.25) is 0 Å². The van der Waals surface area contributed by atoms with Crippen molar-refractivity contribution >= 4 is 40.6 Å². The Hall–Kier alpha value is -1.55. The molecule has 18 heavy (non-hydrogen) atoms. The van der Waals surface area contributed by atoms with E-state index >= 15 is 0 Å². The van der Waals surface area contributed by atoms with Crippen molar-refractivity contribution in [3.8, 4) is 6.19 Å². The van der Waals surface area contributed by atoms with Gasteiger partial charge in [0.05, 0.1) is 19.1 Å². The van der Waals surface area contributed by atoms with Crippen LogP contribution in [0.4, 0.5) is 0 Å². The van der Waals surface area contributed by atoms with E-state index in [1.54, 1.807) is 12.3 Å². The summed E-state index contributed by atoms with van der Waals surface area (Å²) in [6, 6.07) is 1.67. The molecule has 0 unspecified atom stereocenters. The van der Waals surface area contributed by atoms with Gasteiger partial charge in [-0.1, -0.05) is 23.2 Å². The van der Waals surface area contributed by atoms with Crippen molar-refractivity contribution in [2.75, 3.05) is 0 Å². The molecule has 2 rings (SSSR count). The molecule has 0 bridgehead atoms. The molecule has 0 fully saturated rings. The van der Waals surface area contributed by atoms with Crippen LogP contribution in [0.2, 0.25) is 10.2 Å². The number of nitriles is 1. The van der Waals surface area contributed by atoms with Crippen LogP contribution in [0, 0.1) is 11.5 Å². The number of aromatic nitrogens is 1. The third-order valence-electron chi connectivity index (χ3n) is 2.08.